The van der Waals surface area contributed by atoms with Crippen molar-refractivity contribution >= 4 is 11.7 Å². The number of anilines is 1. The van der Waals surface area contributed by atoms with Gasteiger partial charge in [0, 0.05) is 19.2 Å². The van der Waals surface area contributed by atoms with Gasteiger partial charge in [0.1, 0.15) is 5.82 Å². The third-order valence-electron chi connectivity index (χ3n) is 1.73. The molecule has 0 saturated carbocycles. The van der Waals surface area contributed by atoms with E-state index in [1.807, 2.05) is 12.1 Å². The number of amides is 1. The third-order valence-corrected chi connectivity index (χ3v) is 1.73. The minimum Gasteiger partial charge on any atom is -0.370 e. The summed E-state index contributed by atoms with van der Waals surface area (Å²) < 4.78 is 0. The number of unbranched alkanes of at least 4 members (excludes halogenated alkanes) is 1. The zero-order chi connectivity index (χ0) is 10.2. The van der Waals surface area contributed by atoms with Gasteiger partial charge in [-0.2, -0.15) is 5.10 Å². The molecule has 1 rings (SSSR count). The smallest absolute Gasteiger partial charge is 0.217 e. The number of carbonyl (C=O) groups is 1. The lowest BCUT2D eigenvalue weighted by Gasteiger charge is -2.02. The maximum absolute atomic E-state index is 10.4. The Morgan fingerprint density at radius 2 is 2.36 bits per heavy atom. The van der Waals surface area contributed by atoms with Crippen LogP contribution in [0.25, 0.3) is 0 Å². The molecule has 0 bridgehead atoms. The van der Waals surface area contributed by atoms with E-state index in [9.17, 15) is 4.79 Å². The highest BCUT2D eigenvalue weighted by Crippen LogP contribution is 1.99. The van der Waals surface area contributed by atoms with Crippen LogP contribution in [0.2, 0.25) is 0 Å². The lowest BCUT2D eigenvalue weighted by molar-refractivity contribution is -0.118. The number of rotatable bonds is 6. The van der Waals surface area contributed by atoms with Gasteiger partial charge in [0.05, 0.1) is 0 Å². The fourth-order valence-electron chi connectivity index (χ4n) is 1.04. The van der Waals surface area contributed by atoms with Crippen molar-refractivity contribution < 1.29 is 4.79 Å². The summed E-state index contributed by atoms with van der Waals surface area (Å²) in [6, 6.07) is 3.67. The average Bonchev–Trinajstić information content (AvgIpc) is 2.18. The molecule has 1 heterocycles. The largest absolute Gasteiger partial charge is 0.370 e. The molecule has 0 aromatic carbocycles. The van der Waals surface area contributed by atoms with Crippen LogP contribution >= 0.6 is 0 Å². The molecule has 1 amide bonds. The molecular formula is C9H14N4O. The number of aromatic nitrogens is 2. The van der Waals surface area contributed by atoms with E-state index in [0.717, 1.165) is 25.2 Å². The quantitative estimate of drug-likeness (QED) is 0.648. The van der Waals surface area contributed by atoms with Gasteiger partial charge in [-0.3, -0.25) is 4.79 Å². The number of nitrogens with two attached hydrogens (primary N) is 1. The molecule has 5 heteroatoms. The van der Waals surface area contributed by atoms with Crippen molar-refractivity contribution in [1.82, 2.24) is 10.2 Å². The van der Waals surface area contributed by atoms with Crippen molar-refractivity contribution in [2.24, 2.45) is 5.73 Å². The molecular weight excluding hydrogens is 180 g/mol. The number of primary amides is 1. The first-order valence-electron chi connectivity index (χ1n) is 4.59. The Kier molecular flexibility index (Phi) is 4.40. The van der Waals surface area contributed by atoms with E-state index in [1.54, 1.807) is 6.20 Å². The lowest BCUT2D eigenvalue weighted by Crippen LogP contribution is -2.11. The zero-order valence-electron chi connectivity index (χ0n) is 7.94. The summed E-state index contributed by atoms with van der Waals surface area (Å²) in [5, 5.41) is 10.7. The van der Waals surface area contributed by atoms with Crippen LogP contribution < -0.4 is 11.1 Å². The SMILES string of the molecule is NC(=O)CCCCNc1cccnn1. The van der Waals surface area contributed by atoms with Gasteiger partial charge < -0.3 is 11.1 Å². The molecule has 0 spiro atoms. The molecule has 1 aromatic rings. The Balaban J connectivity index is 2.08. The van der Waals surface area contributed by atoms with E-state index in [2.05, 4.69) is 15.5 Å². The minimum atomic E-state index is -0.246. The Bertz CT molecular complexity index is 275. The van der Waals surface area contributed by atoms with Crippen LogP contribution in [0, 0.1) is 0 Å². The highest BCUT2D eigenvalue weighted by molar-refractivity contribution is 5.73. The third kappa shape index (κ3) is 4.39. The predicted molar refractivity (Wildman–Crippen MR) is 53.6 cm³/mol. The molecule has 3 N–H and O–H groups in total. The molecule has 0 aliphatic carbocycles. The maximum atomic E-state index is 10.4. The van der Waals surface area contributed by atoms with Gasteiger partial charge in [0.2, 0.25) is 5.91 Å². The zero-order valence-corrected chi connectivity index (χ0v) is 7.94. The van der Waals surface area contributed by atoms with E-state index in [1.165, 1.54) is 0 Å². The van der Waals surface area contributed by atoms with Gasteiger partial charge in [0.15, 0.2) is 0 Å². The first kappa shape index (κ1) is 10.4. The normalized spacial score (nSPS) is 9.71. The molecule has 0 atom stereocenters. The van der Waals surface area contributed by atoms with Gasteiger partial charge in [-0.25, -0.2) is 0 Å². The van der Waals surface area contributed by atoms with Gasteiger partial charge >= 0.3 is 0 Å². The Morgan fingerprint density at radius 1 is 1.50 bits per heavy atom. The van der Waals surface area contributed by atoms with Crippen LogP contribution in [0.1, 0.15) is 19.3 Å². The van der Waals surface area contributed by atoms with Crippen molar-refractivity contribution in [3.05, 3.63) is 18.3 Å². The lowest BCUT2D eigenvalue weighted by atomic mass is 10.2. The van der Waals surface area contributed by atoms with E-state index in [0.29, 0.717) is 6.42 Å². The first-order valence-corrected chi connectivity index (χ1v) is 4.59. The van der Waals surface area contributed by atoms with Crippen LogP contribution in [-0.2, 0) is 4.79 Å². The van der Waals surface area contributed by atoms with Crippen molar-refractivity contribution in [1.29, 1.82) is 0 Å². The molecule has 0 radical (unpaired) electrons. The first-order chi connectivity index (χ1) is 6.79. The summed E-state index contributed by atoms with van der Waals surface area (Å²) in [6.07, 6.45) is 3.78. The fraction of sp³-hybridized carbons (Fsp3) is 0.444. The van der Waals surface area contributed by atoms with Crippen molar-refractivity contribution in [2.45, 2.75) is 19.3 Å². The number of hydrogen-bond donors (Lipinski definition) is 2. The monoisotopic (exact) mass is 194 g/mol. The van der Waals surface area contributed by atoms with E-state index >= 15 is 0 Å². The van der Waals surface area contributed by atoms with Crippen LogP contribution in [-0.4, -0.2) is 22.6 Å². The number of nitrogens with one attached hydrogen (secondary N) is 1. The highest BCUT2D eigenvalue weighted by atomic mass is 16.1. The number of hydrogen-bond acceptors (Lipinski definition) is 4. The van der Waals surface area contributed by atoms with E-state index in [4.69, 9.17) is 5.73 Å². The molecule has 0 aliphatic heterocycles. The van der Waals surface area contributed by atoms with Gasteiger partial charge in [-0.15, -0.1) is 5.10 Å². The molecule has 0 fully saturated rings. The van der Waals surface area contributed by atoms with Crippen LogP contribution in [0.4, 0.5) is 5.82 Å². The molecule has 0 aliphatic rings. The van der Waals surface area contributed by atoms with Crippen LogP contribution in [0.15, 0.2) is 18.3 Å². The van der Waals surface area contributed by atoms with Crippen molar-refractivity contribution in [3.63, 3.8) is 0 Å². The van der Waals surface area contributed by atoms with Gasteiger partial charge in [-0.05, 0) is 25.0 Å². The van der Waals surface area contributed by atoms with Crippen LogP contribution in [0.5, 0.6) is 0 Å². The molecule has 76 valence electrons. The standard InChI is InChI=1S/C9H14N4O/c10-8(14)4-1-2-6-11-9-5-3-7-12-13-9/h3,5,7H,1-2,4,6H2,(H2,10,14)(H,11,13). The van der Waals surface area contributed by atoms with Crippen LogP contribution in [0.3, 0.4) is 0 Å². The maximum Gasteiger partial charge on any atom is 0.217 e. The summed E-state index contributed by atoms with van der Waals surface area (Å²) in [4.78, 5) is 10.4. The highest BCUT2D eigenvalue weighted by Gasteiger charge is 1.95. The van der Waals surface area contributed by atoms with E-state index in [-0.39, 0.29) is 5.91 Å². The summed E-state index contributed by atoms with van der Waals surface area (Å²) in [6.45, 7) is 0.784. The molecule has 0 unspecified atom stereocenters. The topological polar surface area (TPSA) is 80.9 Å². The molecule has 1 aromatic heterocycles. The van der Waals surface area contributed by atoms with Gasteiger partial charge in [0.25, 0.3) is 0 Å². The second kappa shape index (κ2) is 5.90. The second-order valence-corrected chi connectivity index (χ2v) is 2.96. The van der Waals surface area contributed by atoms with Crippen molar-refractivity contribution in [3.8, 4) is 0 Å². The molecule has 5 nitrogen and oxygen atoms in total. The number of carbonyl (C=O) groups excluding carboxylic acids is 1. The minimum absolute atomic E-state index is 0.246. The summed E-state index contributed by atoms with van der Waals surface area (Å²) in [7, 11) is 0. The van der Waals surface area contributed by atoms with E-state index < -0.39 is 0 Å². The average molecular weight is 194 g/mol. The van der Waals surface area contributed by atoms with Gasteiger partial charge in [-0.1, -0.05) is 0 Å². The number of nitrogens with zero attached hydrogens (tertiary/aromatic N) is 2. The summed E-state index contributed by atoms with van der Waals surface area (Å²) in [5.74, 6) is 0.510. The predicted octanol–water partition coefficient (Wildman–Crippen LogP) is 0.544. The molecule has 0 saturated heterocycles. The Hall–Kier alpha value is -1.65. The Labute approximate surface area is 82.7 Å². The Morgan fingerprint density at radius 3 is 3.00 bits per heavy atom. The summed E-state index contributed by atoms with van der Waals surface area (Å²) in [5.41, 5.74) is 5.00. The second-order valence-electron chi connectivity index (χ2n) is 2.96. The fourth-order valence-corrected chi connectivity index (χ4v) is 1.04. The van der Waals surface area contributed by atoms with Crippen molar-refractivity contribution in [2.75, 3.05) is 11.9 Å². The summed E-state index contributed by atoms with van der Waals surface area (Å²) >= 11 is 0. The molecule has 14 heavy (non-hydrogen) atoms.